The van der Waals surface area contributed by atoms with Gasteiger partial charge in [0.05, 0.1) is 0 Å². The molecule has 0 amide bonds. The van der Waals surface area contributed by atoms with Crippen LogP contribution in [-0.4, -0.2) is 32.6 Å². The van der Waals surface area contributed by atoms with Crippen molar-refractivity contribution >= 4 is 11.6 Å². The average Bonchev–Trinajstić information content (AvgIpc) is 3.05. The highest BCUT2D eigenvalue weighted by molar-refractivity contribution is 5.79. The van der Waals surface area contributed by atoms with Gasteiger partial charge in [-0.1, -0.05) is 38.1 Å². The monoisotopic (exact) mass is 300 g/mol. The predicted octanol–water partition coefficient (Wildman–Crippen LogP) is 2.77. The molecule has 0 fully saturated rings. The first-order valence-corrected chi connectivity index (χ1v) is 8.12. The summed E-state index contributed by atoms with van der Waals surface area (Å²) in [6.07, 6.45) is 5.58. The Labute approximate surface area is 134 Å². The molecule has 0 unspecified atom stereocenters. The molecule has 22 heavy (non-hydrogen) atoms. The molecule has 0 radical (unpaired) electrons. The van der Waals surface area contributed by atoms with Crippen LogP contribution < -0.4 is 15.5 Å². The molecule has 1 aromatic rings. The number of nitrogens with zero attached hydrogens (tertiary/aromatic N) is 2. The highest BCUT2D eigenvalue weighted by Crippen LogP contribution is 2.18. The standard InChI is InChI=1S/C18H28N4/c1-15(2)9-10-20-18(19-3)21-14-16-7-6-8-17(13-16)22-11-4-5-12-22/h4-8,13,15H,9-12,14H2,1-3H3,(H2,19,20,21). The zero-order valence-corrected chi connectivity index (χ0v) is 14.0. The maximum absolute atomic E-state index is 4.27. The molecule has 0 aromatic heterocycles. The van der Waals surface area contributed by atoms with Crippen molar-refractivity contribution in [3.05, 3.63) is 42.0 Å². The van der Waals surface area contributed by atoms with E-state index in [-0.39, 0.29) is 0 Å². The molecule has 1 aliphatic rings. The van der Waals surface area contributed by atoms with Crippen LogP contribution in [0.3, 0.4) is 0 Å². The van der Waals surface area contributed by atoms with E-state index in [4.69, 9.17) is 0 Å². The third-order valence-electron chi connectivity index (χ3n) is 3.79. The summed E-state index contributed by atoms with van der Waals surface area (Å²) in [6.45, 7) is 8.23. The van der Waals surface area contributed by atoms with Crippen molar-refractivity contribution in [1.29, 1.82) is 0 Å². The predicted molar refractivity (Wildman–Crippen MR) is 95.5 cm³/mol. The van der Waals surface area contributed by atoms with Gasteiger partial charge >= 0.3 is 0 Å². The van der Waals surface area contributed by atoms with Gasteiger partial charge in [-0.3, -0.25) is 4.99 Å². The summed E-state index contributed by atoms with van der Waals surface area (Å²) in [5.41, 5.74) is 2.56. The molecule has 0 bridgehead atoms. The third kappa shape index (κ3) is 5.10. The molecular formula is C18H28N4. The second kappa shape index (κ2) is 8.47. The van der Waals surface area contributed by atoms with Crippen LogP contribution in [-0.2, 0) is 6.54 Å². The second-order valence-electron chi connectivity index (χ2n) is 6.08. The number of rotatable bonds is 6. The van der Waals surface area contributed by atoms with Crippen LogP contribution in [0.15, 0.2) is 41.4 Å². The number of nitrogens with one attached hydrogen (secondary N) is 2. The maximum atomic E-state index is 4.27. The fourth-order valence-electron chi connectivity index (χ4n) is 2.44. The Morgan fingerprint density at radius 1 is 1.23 bits per heavy atom. The van der Waals surface area contributed by atoms with E-state index in [9.17, 15) is 0 Å². The second-order valence-corrected chi connectivity index (χ2v) is 6.08. The van der Waals surface area contributed by atoms with E-state index in [1.165, 1.54) is 11.3 Å². The molecule has 0 saturated heterocycles. The van der Waals surface area contributed by atoms with Crippen LogP contribution >= 0.6 is 0 Å². The van der Waals surface area contributed by atoms with Gasteiger partial charge in [-0.05, 0) is 30.0 Å². The van der Waals surface area contributed by atoms with E-state index >= 15 is 0 Å². The van der Waals surface area contributed by atoms with E-state index < -0.39 is 0 Å². The van der Waals surface area contributed by atoms with Gasteiger partial charge in [0.15, 0.2) is 5.96 Å². The molecule has 4 heteroatoms. The molecule has 0 saturated carbocycles. The molecule has 2 N–H and O–H groups in total. The quantitative estimate of drug-likeness (QED) is 0.482. The maximum Gasteiger partial charge on any atom is 0.191 e. The minimum atomic E-state index is 0.705. The molecule has 0 atom stereocenters. The van der Waals surface area contributed by atoms with Crippen LogP contribution in [0.25, 0.3) is 0 Å². The van der Waals surface area contributed by atoms with Crippen molar-refractivity contribution in [3.8, 4) is 0 Å². The van der Waals surface area contributed by atoms with Gasteiger partial charge in [-0.25, -0.2) is 0 Å². The lowest BCUT2D eigenvalue weighted by Gasteiger charge is -2.19. The minimum absolute atomic E-state index is 0.705. The Balaban J connectivity index is 1.83. The fraction of sp³-hybridized carbons (Fsp3) is 0.500. The van der Waals surface area contributed by atoms with Crippen molar-refractivity contribution in [3.63, 3.8) is 0 Å². The van der Waals surface area contributed by atoms with E-state index in [1.807, 2.05) is 7.05 Å². The zero-order chi connectivity index (χ0) is 15.8. The van der Waals surface area contributed by atoms with Crippen molar-refractivity contribution in [2.45, 2.75) is 26.8 Å². The minimum Gasteiger partial charge on any atom is -0.364 e. The van der Waals surface area contributed by atoms with Crippen molar-refractivity contribution in [1.82, 2.24) is 10.6 Å². The van der Waals surface area contributed by atoms with Gasteiger partial charge < -0.3 is 15.5 Å². The van der Waals surface area contributed by atoms with E-state index in [0.29, 0.717) is 5.92 Å². The summed E-state index contributed by atoms with van der Waals surface area (Å²) in [4.78, 5) is 6.63. The molecule has 4 nitrogen and oxygen atoms in total. The van der Waals surface area contributed by atoms with Crippen LogP contribution in [0, 0.1) is 5.92 Å². The molecule has 120 valence electrons. The van der Waals surface area contributed by atoms with E-state index in [0.717, 1.165) is 38.6 Å². The van der Waals surface area contributed by atoms with Crippen molar-refractivity contribution in [2.24, 2.45) is 10.9 Å². The van der Waals surface area contributed by atoms with E-state index in [1.54, 1.807) is 0 Å². The molecule has 2 rings (SSSR count). The van der Waals surface area contributed by atoms with Crippen LogP contribution in [0.2, 0.25) is 0 Å². The van der Waals surface area contributed by atoms with Gasteiger partial charge in [0.2, 0.25) is 0 Å². The lowest BCUT2D eigenvalue weighted by molar-refractivity contribution is 0.573. The smallest absolute Gasteiger partial charge is 0.191 e. The summed E-state index contributed by atoms with van der Waals surface area (Å²) in [6, 6.07) is 8.70. The highest BCUT2D eigenvalue weighted by Gasteiger charge is 2.08. The number of aliphatic imine (C=N–C) groups is 1. The lowest BCUT2D eigenvalue weighted by atomic mass is 10.1. The molecule has 0 aliphatic carbocycles. The molecule has 1 aromatic carbocycles. The molecular weight excluding hydrogens is 272 g/mol. The summed E-state index contributed by atoms with van der Waals surface area (Å²) in [7, 11) is 1.82. The third-order valence-corrected chi connectivity index (χ3v) is 3.79. The van der Waals surface area contributed by atoms with Crippen molar-refractivity contribution < 1.29 is 0 Å². The summed E-state index contributed by atoms with van der Waals surface area (Å²) < 4.78 is 0. The Kier molecular flexibility index (Phi) is 6.31. The van der Waals surface area contributed by atoms with Crippen LogP contribution in [0.4, 0.5) is 5.69 Å². The number of anilines is 1. The Morgan fingerprint density at radius 3 is 2.68 bits per heavy atom. The van der Waals surface area contributed by atoms with Gasteiger partial charge in [-0.15, -0.1) is 0 Å². The first-order valence-electron chi connectivity index (χ1n) is 8.12. The first-order chi connectivity index (χ1) is 10.7. The van der Waals surface area contributed by atoms with Crippen LogP contribution in [0.5, 0.6) is 0 Å². The van der Waals surface area contributed by atoms with Gasteiger partial charge in [0, 0.05) is 38.9 Å². The zero-order valence-electron chi connectivity index (χ0n) is 14.0. The lowest BCUT2D eigenvalue weighted by Crippen LogP contribution is -2.37. The summed E-state index contributed by atoms with van der Waals surface area (Å²) in [5.74, 6) is 1.57. The summed E-state index contributed by atoms with van der Waals surface area (Å²) >= 11 is 0. The summed E-state index contributed by atoms with van der Waals surface area (Å²) in [5, 5.41) is 6.74. The Hall–Kier alpha value is -1.97. The van der Waals surface area contributed by atoms with Gasteiger partial charge in [0.1, 0.15) is 0 Å². The number of hydrogen-bond donors (Lipinski definition) is 2. The number of benzene rings is 1. The number of hydrogen-bond acceptors (Lipinski definition) is 2. The molecule has 1 aliphatic heterocycles. The first kappa shape index (κ1) is 16.4. The van der Waals surface area contributed by atoms with Gasteiger partial charge in [0.25, 0.3) is 0 Å². The van der Waals surface area contributed by atoms with Crippen LogP contribution in [0.1, 0.15) is 25.8 Å². The normalized spacial score (nSPS) is 14.7. The van der Waals surface area contributed by atoms with Gasteiger partial charge in [-0.2, -0.15) is 0 Å². The molecule has 0 spiro atoms. The number of guanidine groups is 1. The Morgan fingerprint density at radius 2 is 2.00 bits per heavy atom. The molecule has 1 heterocycles. The SMILES string of the molecule is CN=C(NCCC(C)C)NCc1cccc(N2CC=CC2)c1. The largest absolute Gasteiger partial charge is 0.364 e. The van der Waals surface area contributed by atoms with Crippen molar-refractivity contribution in [2.75, 3.05) is 31.6 Å². The topological polar surface area (TPSA) is 39.7 Å². The highest BCUT2D eigenvalue weighted by atomic mass is 15.2. The fourth-order valence-corrected chi connectivity index (χ4v) is 2.44. The van der Waals surface area contributed by atoms with E-state index in [2.05, 4.69) is 70.8 Å². The average molecular weight is 300 g/mol. The Bertz CT molecular complexity index is 512.